The molecule has 0 spiro atoms. The van der Waals surface area contributed by atoms with Crippen LogP contribution in [-0.2, 0) is 4.79 Å². The van der Waals surface area contributed by atoms with E-state index in [1.54, 1.807) is 4.90 Å². The molecule has 1 fully saturated rings. The molecule has 2 amide bonds. The molecule has 2 atom stereocenters. The summed E-state index contributed by atoms with van der Waals surface area (Å²) in [5.41, 5.74) is 1.46. The van der Waals surface area contributed by atoms with Gasteiger partial charge in [0.05, 0.1) is 5.92 Å². The number of amides is 2. The number of urea groups is 1. The number of fused-ring (bicyclic) bond motifs is 1. The van der Waals surface area contributed by atoms with Gasteiger partial charge in [-0.05, 0) is 37.8 Å². The summed E-state index contributed by atoms with van der Waals surface area (Å²) >= 11 is 0. The van der Waals surface area contributed by atoms with Gasteiger partial charge < -0.3 is 10.4 Å². The van der Waals surface area contributed by atoms with Crippen LogP contribution >= 0.6 is 0 Å². The lowest BCUT2D eigenvalue weighted by Crippen LogP contribution is -2.51. The molecule has 1 saturated carbocycles. The third-order valence-electron chi connectivity index (χ3n) is 5.04. The van der Waals surface area contributed by atoms with Crippen LogP contribution in [0.4, 0.5) is 10.5 Å². The number of rotatable bonds is 2. The van der Waals surface area contributed by atoms with Crippen molar-refractivity contribution in [3.05, 3.63) is 29.8 Å². The second-order valence-corrected chi connectivity index (χ2v) is 6.69. The maximum atomic E-state index is 12.8. The highest BCUT2D eigenvalue weighted by molar-refractivity contribution is 5.96. The molecule has 2 unspecified atom stereocenters. The minimum atomic E-state index is -0.823. The first-order valence-corrected chi connectivity index (χ1v) is 8.49. The molecule has 5 nitrogen and oxygen atoms in total. The molecule has 1 aliphatic carbocycles. The van der Waals surface area contributed by atoms with Gasteiger partial charge in [0.25, 0.3) is 0 Å². The molecule has 1 aromatic carbocycles. The molecular weight excluding hydrogens is 292 g/mol. The smallest absolute Gasteiger partial charge is 0.322 e. The number of hydrogen-bond acceptors (Lipinski definition) is 2. The van der Waals surface area contributed by atoms with E-state index in [0.717, 1.165) is 36.9 Å². The van der Waals surface area contributed by atoms with Crippen molar-refractivity contribution in [1.29, 1.82) is 0 Å². The molecule has 0 saturated heterocycles. The fourth-order valence-corrected chi connectivity index (χ4v) is 3.85. The van der Waals surface area contributed by atoms with E-state index >= 15 is 0 Å². The van der Waals surface area contributed by atoms with Crippen molar-refractivity contribution in [2.75, 3.05) is 4.90 Å². The Bertz CT molecular complexity index is 596. The van der Waals surface area contributed by atoms with Gasteiger partial charge >= 0.3 is 12.0 Å². The average molecular weight is 316 g/mol. The van der Waals surface area contributed by atoms with Crippen LogP contribution in [-0.4, -0.2) is 29.2 Å². The largest absolute Gasteiger partial charge is 0.481 e. The number of carboxylic acid groups (broad SMARTS) is 1. The highest BCUT2D eigenvalue weighted by Crippen LogP contribution is 2.38. The molecule has 0 aromatic heterocycles. The molecule has 1 aliphatic heterocycles. The van der Waals surface area contributed by atoms with Crippen molar-refractivity contribution in [3.63, 3.8) is 0 Å². The van der Waals surface area contributed by atoms with Crippen molar-refractivity contribution < 1.29 is 14.7 Å². The third-order valence-corrected chi connectivity index (χ3v) is 5.04. The molecule has 124 valence electrons. The van der Waals surface area contributed by atoms with Gasteiger partial charge in [0.15, 0.2) is 0 Å². The van der Waals surface area contributed by atoms with Gasteiger partial charge in [0.1, 0.15) is 0 Å². The molecule has 5 heteroatoms. The van der Waals surface area contributed by atoms with Crippen molar-refractivity contribution in [1.82, 2.24) is 5.32 Å². The molecule has 0 bridgehead atoms. The second kappa shape index (κ2) is 6.60. The van der Waals surface area contributed by atoms with Crippen LogP contribution in [0.1, 0.15) is 56.9 Å². The SMILES string of the molecule is CC1CC(C(=O)O)c2ccccc2N1C(=O)NC1CCCCC1. The lowest BCUT2D eigenvalue weighted by molar-refractivity contribution is -0.139. The van der Waals surface area contributed by atoms with Crippen molar-refractivity contribution in [3.8, 4) is 0 Å². The monoisotopic (exact) mass is 316 g/mol. The van der Waals surface area contributed by atoms with E-state index in [4.69, 9.17) is 0 Å². The van der Waals surface area contributed by atoms with Crippen LogP contribution in [0, 0.1) is 0 Å². The van der Waals surface area contributed by atoms with E-state index in [-0.39, 0.29) is 18.1 Å². The number of anilines is 1. The summed E-state index contributed by atoms with van der Waals surface area (Å²) in [6.45, 7) is 1.92. The van der Waals surface area contributed by atoms with Gasteiger partial charge in [-0.15, -0.1) is 0 Å². The van der Waals surface area contributed by atoms with Crippen molar-refractivity contribution >= 4 is 17.7 Å². The Balaban J connectivity index is 1.84. The third kappa shape index (κ3) is 3.19. The Hall–Kier alpha value is -2.04. The topological polar surface area (TPSA) is 69.6 Å². The van der Waals surface area contributed by atoms with Gasteiger partial charge in [-0.1, -0.05) is 37.5 Å². The number of aliphatic carboxylic acids is 1. The van der Waals surface area contributed by atoms with Crippen LogP contribution in [0.25, 0.3) is 0 Å². The summed E-state index contributed by atoms with van der Waals surface area (Å²) in [4.78, 5) is 26.1. The fourth-order valence-electron chi connectivity index (χ4n) is 3.85. The van der Waals surface area contributed by atoms with Gasteiger partial charge in [-0.25, -0.2) is 4.79 Å². The second-order valence-electron chi connectivity index (χ2n) is 6.69. The molecule has 3 rings (SSSR count). The Labute approximate surface area is 136 Å². The number of para-hydroxylation sites is 1. The number of carboxylic acids is 1. The average Bonchev–Trinajstić information content (AvgIpc) is 2.54. The van der Waals surface area contributed by atoms with E-state index < -0.39 is 11.9 Å². The lowest BCUT2D eigenvalue weighted by Gasteiger charge is -2.39. The lowest BCUT2D eigenvalue weighted by atomic mass is 9.86. The predicted molar refractivity (Wildman–Crippen MR) is 88.8 cm³/mol. The van der Waals surface area contributed by atoms with E-state index in [0.29, 0.717) is 6.42 Å². The summed E-state index contributed by atoms with van der Waals surface area (Å²) in [7, 11) is 0. The summed E-state index contributed by atoms with van der Waals surface area (Å²) in [6.07, 6.45) is 6.09. The summed E-state index contributed by atoms with van der Waals surface area (Å²) < 4.78 is 0. The van der Waals surface area contributed by atoms with Crippen LogP contribution < -0.4 is 10.2 Å². The molecular formula is C18H24N2O3. The summed E-state index contributed by atoms with van der Waals surface area (Å²) in [5, 5.41) is 12.6. The van der Waals surface area contributed by atoms with E-state index in [1.807, 2.05) is 31.2 Å². The van der Waals surface area contributed by atoms with E-state index in [9.17, 15) is 14.7 Å². The maximum absolute atomic E-state index is 12.8. The number of carbonyl (C=O) groups is 2. The first-order chi connectivity index (χ1) is 11.1. The van der Waals surface area contributed by atoms with Crippen molar-refractivity contribution in [2.24, 2.45) is 0 Å². The van der Waals surface area contributed by atoms with Gasteiger partial charge in [-0.2, -0.15) is 0 Å². The zero-order chi connectivity index (χ0) is 16.4. The predicted octanol–water partition coefficient (Wildman–Crippen LogP) is 3.50. The number of carbonyl (C=O) groups excluding carboxylic acids is 1. The Morgan fingerprint density at radius 3 is 2.57 bits per heavy atom. The van der Waals surface area contributed by atoms with Gasteiger partial charge in [0.2, 0.25) is 0 Å². The molecule has 2 aliphatic rings. The standard InChI is InChI=1S/C18H24N2O3/c1-12-11-15(17(21)22)14-9-5-6-10-16(14)20(12)18(23)19-13-7-3-2-4-8-13/h5-6,9-10,12-13,15H,2-4,7-8,11H2,1H3,(H,19,23)(H,21,22). The van der Waals surface area contributed by atoms with Gasteiger partial charge in [-0.3, -0.25) is 9.69 Å². The summed E-state index contributed by atoms with van der Waals surface area (Å²) in [6, 6.07) is 7.38. The Kier molecular flexibility index (Phi) is 4.55. The first kappa shape index (κ1) is 15.8. The van der Waals surface area contributed by atoms with Crippen LogP contribution in [0.15, 0.2) is 24.3 Å². The minimum absolute atomic E-state index is 0.0966. The molecule has 0 radical (unpaired) electrons. The highest BCUT2D eigenvalue weighted by Gasteiger charge is 2.37. The maximum Gasteiger partial charge on any atom is 0.322 e. The highest BCUT2D eigenvalue weighted by atomic mass is 16.4. The van der Waals surface area contributed by atoms with E-state index in [1.165, 1.54) is 6.42 Å². The van der Waals surface area contributed by atoms with Crippen molar-refractivity contribution in [2.45, 2.75) is 63.5 Å². The van der Waals surface area contributed by atoms with Crippen LogP contribution in [0.5, 0.6) is 0 Å². The molecule has 23 heavy (non-hydrogen) atoms. The number of hydrogen-bond donors (Lipinski definition) is 2. The normalized spacial score (nSPS) is 24.8. The molecule has 1 aromatic rings. The van der Waals surface area contributed by atoms with Crippen LogP contribution in [0.2, 0.25) is 0 Å². The zero-order valence-electron chi connectivity index (χ0n) is 13.5. The minimum Gasteiger partial charge on any atom is -0.481 e. The first-order valence-electron chi connectivity index (χ1n) is 8.49. The Morgan fingerprint density at radius 1 is 1.17 bits per heavy atom. The van der Waals surface area contributed by atoms with E-state index in [2.05, 4.69) is 5.32 Å². The quantitative estimate of drug-likeness (QED) is 0.877. The Morgan fingerprint density at radius 2 is 1.87 bits per heavy atom. The number of nitrogens with one attached hydrogen (secondary N) is 1. The molecule has 2 N–H and O–H groups in total. The fraction of sp³-hybridized carbons (Fsp3) is 0.556. The van der Waals surface area contributed by atoms with Crippen LogP contribution in [0.3, 0.4) is 0 Å². The molecule has 1 heterocycles. The zero-order valence-corrected chi connectivity index (χ0v) is 13.5. The van der Waals surface area contributed by atoms with Gasteiger partial charge in [0, 0.05) is 17.8 Å². The number of nitrogens with zero attached hydrogens (tertiary/aromatic N) is 1. The number of benzene rings is 1. The summed E-state index contributed by atoms with van der Waals surface area (Å²) in [5.74, 6) is -1.36.